The van der Waals surface area contributed by atoms with Crippen LogP contribution in [0, 0.1) is 6.92 Å². The zero-order valence-electron chi connectivity index (χ0n) is 11.2. The monoisotopic (exact) mass is 262 g/mol. The van der Waals surface area contributed by atoms with Crippen molar-refractivity contribution in [3.05, 3.63) is 36.0 Å². The topological polar surface area (TPSA) is 42.0 Å². The van der Waals surface area contributed by atoms with Gasteiger partial charge in [0, 0.05) is 17.1 Å². The summed E-state index contributed by atoms with van der Waals surface area (Å²) in [6.07, 6.45) is 1.76. The van der Waals surface area contributed by atoms with E-state index >= 15 is 0 Å². The van der Waals surface area contributed by atoms with E-state index in [2.05, 4.69) is 9.71 Å². The quantitative estimate of drug-likeness (QED) is 0.904. The second kappa shape index (κ2) is 4.78. The number of rotatable bonds is 2. The third-order valence-electron chi connectivity index (χ3n) is 2.53. The van der Waals surface area contributed by atoms with Gasteiger partial charge in [0.1, 0.15) is 11.0 Å². The molecule has 0 saturated heterocycles. The number of fused-ring (bicyclic) bond motifs is 1. The first-order chi connectivity index (χ1) is 8.38. The fraction of sp³-hybridized carbons (Fsp3) is 0.357. The van der Waals surface area contributed by atoms with Gasteiger partial charge >= 0.3 is 0 Å². The Hall–Kier alpha value is -1.26. The van der Waals surface area contributed by atoms with Gasteiger partial charge in [-0.1, -0.05) is 12.1 Å². The van der Waals surface area contributed by atoms with Crippen LogP contribution in [0.1, 0.15) is 26.3 Å². The van der Waals surface area contributed by atoms with Crippen molar-refractivity contribution in [3.63, 3.8) is 0 Å². The minimum atomic E-state index is -1.23. The number of nitrogens with zero attached hydrogens (tertiary/aromatic N) is 1. The lowest BCUT2D eigenvalue weighted by Gasteiger charge is -2.20. The van der Waals surface area contributed by atoms with Gasteiger partial charge in [0.15, 0.2) is 0 Å². The highest BCUT2D eigenvalue weighted by Crippen LogP contribution is 2.23. The number of nitrogens with one attached hydrogen (secondary N) is 1. The molecule has 1 heterocycles. The Kier molecular flexibility index (Phi) is 3.50. The van der Waals surface area contributed by atoms with E-state index in [0.29, 0.717) is 0 Å². The fourth-order valence-corrected chi connectivity index (χ4v) is 3.00. The summed E-state index contributed by atoms with van der Waals surface area (Å²) in [6.45, 7) is 8.01. The van der Waals surface area contributed by atoms with Crippen LogP contribution in [0.5, 0.6) is 0 Å². The van der Waals surface area contributed by atoms with E-state index in [-0.39, 0.29) is 5.54 Å². The van der Waals surface area contributed by atoms with Crippen molar-refractivity contribution in [2.24, 2.45) is 0 Å². The molecule has 1 aromatic heterocycles. The number of hydrogen-bond donors (Lipinski definition) is 1. The second-order valence-electron chi connectivity index (χ2n) is 5.40. The summed E-state index contributed by atoms with van der Waals surface area (Å²) in [6, 6.07) is 7.72. The summed E-state index contributed by atoms with van der Waals surface area (Å²) in [5, 5.41) is 0.951. The maximum Gasteiger partial charge on any atom is 0.126 e. The third kappa shape index (κ3) is 2.76. The molecule has 3 nitrogen and oxygen atoms in total. The lowest BCUT2D eigenvalue weighted by Crippen LogP contribution is -2.37. The first kappa shape index (κ1) is 13.2. The first-order valence-electron chi connectivity index (χ1n) is 5.92. The molecule has 1 aromatic carbocycles. The van der Waals surface area contributed by atoms with Crippen LogP contribution < -0.4 is 4.72 Å². The average Bonchev–Trinajstić information content (AvgIpc) is 2.27. The van der Waals surface area contributed by atoms with E-state index in [1.54, 1.807) is 6.20 Å². The standard InChI is InChI=1S/C14H18N2OS/c1-10-7-8-12(18(17)16-14(2,3)4)11-6-5-9-15-13(10)11/h5-9,16H,1-4H3. The summed E-state index contributed by atoms with van der Waals surface area (Å²) in [5.41, 5.74) is 1.82. The molecule has 0 aliphatic heterocycles. The molecule has 1 unspecified atom stereocenters. The van der Waals surface area contributed by atoms with Crippen LogP contribution in [0.4, 0.5) is 0 Å². The van der Waals surface area contributed by atoms with Gasteiger partial charge in [0.25, 0.3) is 0 Å². The Morgan fingerprint density at radius 2 is 1.94 bits per heavy atom. The van der Waals surface area contributed by atoms with Crippen molar-refractivity contribution < 1.29 is 4.21 Å². The van der Waals surface area contributed by atoms with Crippen molar-refractivity contribution in [3.8, 4) is 0 Å². The molecular formula is C14H18N2OS. The normalized spacial score (nSPS) is 13.8. The summed E-state index contributed by atoms with van der Waals surface area (Å²) in [4.78, 5) is 5.15. The van der Waals surface area contributed by atoms with Crippen molar-refractivity contribution in [2.75, 3.05) is 0 Å². The second-order valence-corrected chi connectivity index (χ2v) is 6.58. The van der Waals surface area contributed by atoms with Gasteiger partial charge in [-0.3, -0.25) is 4.98 Å². The van der Waals surface area contributed by atoms with E-state index in [4.69, 9.17) is 0 Å². The van der Waals surface area contributed by atoms with Gasteiger partial charge in [-0.15, -0.1) is 0 Å². The van der Waals surface area contributed by atoms with Crippen LogP contribution in [0.25, 0.3) is 10.9 Å². The molecule has 0 bridgehead atoms. The SMILES string of the molecule is Cc1ccc(S(=O)NC(C)(C)C)c2cccnc12. The lowest BCUT2D eigenvalue weighted by atomic mass is 10.1. The van der Waals surface area contributed by atoms with E-state index in [9.17, 15) is 4.21 Å². The smallest absolute Gasteiger partial charge is 0.126 e. The third-order valence-corrected chi connectivity index (χ3v) is 4.08. The summed E-state index contributed by atoms with van der Waals surface area (Å²) in [7, 11) is -1.23. The molecule has 0 aliphatic carbocycles. The van der Waals surface area contributed by atoms with Crippen molar-refractivity contribution in [2.45, 2.75) is 38.1 Å². The predicted molar refractivity (Wildman–Crippen MR) is 75.8 cm³/mol. The highest BCUT2D eigenvalue weighted by molar-refractivity contribution is 7.83. The lowest BCUT2D eigenvalue weighted by molar-refractivity contribution is 0.520. The highest BCUT2D eigenvalue weighted by Gasteiger charge is 2.17. The van der Waals surface area contributed by atoms with Gasteiger partial charge in [-0.05, 0) is 45.4 Å². The molecule has 2 rings (SSSR count). The molecule has 0 radical (unpaired) electrons. The minimum absolute atomic E-state index is 0.190. The Morgan fingerprint density at radius 1 is 1.22 bits per heavy atom. The molecule has 0 amide bonds. The number of aryl methyl sites for hydroxylation is 1. The summed E-state index contributed by atoms with van der Waals surface area (Å²) >= 11 is 0. The van der Waals surface area contributed by atoms with Crippen LogP contribution in [-0.4, -0.2) is 14.7 Å². The fourth-order valence-electron chi connectivity index (χ4n) is 1.78. The zero-order chi connectivity index (χ0) is 13.3. The van der Waals surface area contributed by atoms with Crippen LogP contribution in [0.2, 0.25) is 0 Å². The maximum absolute atomic E-state index is 12.4. The Balaban J connectivity index is 2.52. The molecule has 0 aliphatic rings. The molecule has 0 saturated carbocycles. The van der Waals surface area contributed by atoms with E-state index in [1.165, 1.54) is 0 Å². The van der Waals surface area contributed by atoms with Gasteiger partial charge in [0.05, 0.1) is 10.4 Å². The number of hydrogen-bond acceptors (Lipinski definition) is 2. The Labute approximate surface area is 110 Å². The van der Waals surface area contributed by atoms with Gasteiger partial charge in [-0.2, -0.15) is 0 Å². The van der Waals surface area contributed by atoms with Gasteiger partial charge in [-0.25, -0.2) is 8.93 Å². The molecule has 96 valence electrons. The largest absolute Gasteiger partial charge is 0.256 e. The molecular weight excluding hydrogens is 244 g/mol. The average molecular weight is 262 g/mol. The molecule has 2 aromatic rings. The van der Waals surface area contributed by atoms with Crippen molar-refractivity contribution in [1.29, 1.82) is 0 Å². The molecule has 4 heteroatoms. The summed E-state index contributed by atoms with van der Waals surface area (Å²) in [5.74, 6) is 0. The Bertz CT molecular complexity index is 602. The van der Waals surface area contributed by atoms with Crippen LogP contribution >= 0.6 is 0 Å². The zero-order valence-corrected chi connectivity index (χ0v) is 12.0. The van der Waals surface area contributed by atoms with E-state index < -0.39 is 11.0 Å². The molecule has 0 fully saturated rings. The molecule has 0 spiro atoms. The van der Waals surface area contributed by atoms with Crippen molar-refractivity contribution in [1.82, 2.24) is 9.71 Å². The predicted octanol–water partition coefficient (Wildman–Crippen LogP) is 2.95. The van der Waals surface area contributed by atoms with Gasteiger partial charge in [0.2, 0.25) is 0 Å². The van der Waals surface area contributed by atoms with Crippen LogP contribution in [0.3, 0.4) is 0 Å². The summed E-state index contributed by atoms with van der Waals surface area (Å²) < 4.78 is 15.4. The molecule has 18 heavy (non-hydrogen) atoms. The minimum Gasteiger partial charge on any atom is -0.256 e. The van der Waals surface area contributed by atoms with E-state index in [1.807, 2.05) is 52.0 Å². The maximum atomic E-state index is 12.4. The molecule has 1 N–H and O–H groups in total. The van der Waals surface area contributed by atoms with Crippen LogP contribution in [0.15, 0.2) is 35.4 Å². The number of benzene rings is 1. The number of pyridine rings is 1. The highest BCUT2D eigenvalue weighted by atomic mass is 32.2. The van der Waals surface area contributed by atoms with Crippen molar-refractivity contribution >= 4 is 21.9 Å². The molecule has 1 atom stereocenters. The van der Waals surface area contributed by atoms with Gasteiger partial charge < -0.3 is 0 Å². The Morgan fingerprint density at radius 3 is 2.61 bits per heavy atom. The number of aromatic nitrogens is 1. The van der Waals surface area contributed by atoms with Crippen LogP contribution in [-0.2, 0) is 11.0 Å². The first-order valence-corrected chi connectivity index (χ1v) is 7.07. The van der Waals surface area contributed by atoms with E-state index in [0.717, 1.165) is 21.4 Å².